The third-order valence-electron chi connectivity index (χ3n) is 2.80. The molecule has 0 bridgehead atoms. The molecule has 5 heteroatoms. The molecule has 0 fully saturated rings. The number of para-hydroxylation sites is 1. The summed E-state index contributed by atoms with van der Waals surface area (Å²) in [6.07, 6.45) is 1.75. The molecule has 116 valence electrons. The molecule has 2 aromatic carbocycles. The minimum absolute atomic E-state index is 0.579. The van der Waals surface area contributed by atoms with Crippen molar-refractivity contribution in [2.24, 2.45) is 5.10 Å². The second kappa shape index (κ2) is 8.44. The van der Waals surface area contributed by atoms with Crippen LogP contribution < -0.4 is 14.9 Å². The van der Waals surface area contributed by atoms with Gasteiger partial charge in [-0.1, -0.05) is 18.2 Å². The van der Waals surface area contributed by atoms with Gasteiger partial charge < -0.3 is 9.47 Å². The fraction of sp³-hybridized carbons (Fsp3) is 0.235. The highest BCUT2D eigenvalue weighted by Crippen LogP contribution is 2.36. The lowest BCUT2D eigenvalue weighted by Gasteiger charge is -2.13. The molecule has 0 heterocycles. The van der Waals surface area contributed by atoms with Crippen molar-refractivity contribution in [2.75, 3.05) is 18.6 Å². The average molecular weight is 363 g/mol. The van der Waals surface area contributed by atoms with Crippen LogP contribution in [0.15, 0.2) is 52.0 Å². The van der Waals surface area contributed by atoms with Crippen molar-refractivity contribution < 1.29 is 9.47 Å². The minimum Gasteiger partial charge on any atom is -0.490 e. The van der Waals surface area contributed by atoms with Gasteiger partial charge in [0.1, 0.15) is 0 Å². The number of halogens is 1. The van der Waals surface area contributed by atoms with Crippen LogP contribution in [0.4, 0.5) is 5.69 Å². The van der Waals surface area contributed by atoms with E-state index in [0.29, 0.717) is 19.0 Å². The van der Waals surface area contributed by atoms with Gasteiger partial charge >= 0.3 is 0 Å². The zero-order chi connectivity index (χ0) is 15.8. The van der Waals surface area contributed by atoms with Crippen molar-refractivity contribution in [2.45, 2.75) is 13.8 Å². The van der Waals surface area contributed by atoms with Gasteiger partial charge in [0, 0.05) is 0 Å². The number of ether oxygens (including phenoxy) is 2. The van der Waals surface area contributed by atoms with Gasteiger partial charge in [-0.2, -0.15) is 5.10 Å². The summed E-state index contributed by atoms with van der Waals surface area (Å²) in [5.41, 5.74) is 4.84. The molecule has 2 rings (SSSR count). The summed E-state index contributed by atoms with van der Waals surface area (Å²) in [4.78, 5) is 0. The predicted molar refractivity (Wildman–Crippen MR) is 94.1 cm³/mol. The van der Waals surface area contributed by atoms with E-state index < -0.39 is 0 Å². The largest absolute Gasteiger partial charge is 0.490 e. The van der Waals surface area contributed by atoms with Gasteiger partial charge in [-0.15, -0.1) is 0 Å². The van der Waals surface area contributed by atoms with Crippen molar-refractivity contribution in [3.63, 3.8) is 0 Å². The van der Waals surface area contributed by atoms with Gasteiger partial charge in [0.15, 0.2) is 11.5 Å². The summed E-state index contributed by atoms with van der Waals surface area (Å²) < 4.78 is 12.1. The molecule has 0 aliphatic heterocycles. The Bertz CT molecular complexity index is 630. The van der Waals surface area contributed by atoms with Gasteiger partial charge in [-0.25, -0.2) is 0 Å². The predicted octanol–water partition coefficient (Wildman–Crippen LogP) is 4.69. The number of hydrogen-bond acceptors (Lipinski definition) is 4. The van der Waals surface area contributed by atoms with Gasteiger partial charge in [0.25, 0.3) is 0 Å². The summed E-state index contributed by atoms with van der Waals surface area (Å²) in [6, 6.07) is 13.6. The molecule has 0 saturated carbocycles. The van der Waals surface area contributed by atoms with Crippen LogP contribution in [0.1, 0.15) is 19.4 Å². The molecule has 0 aliphatic carbocycles. The summed E-state index contributed by atoms with van der Waals surface area (Å²) in [5.74, 6) is 1.43. The Morgan fingerprint density at radius 2 is 1.82 bits per heavy atom. The Balaban J connectivity index is 2.17. The molecular weight excluding hydrogens is 344 g/mol. The quantitative estimate of drug-likeness (QED) is 0.573. The Kier molecular flexibility index (Phi) is 6.27. The van der Waals surface area contributed by atoms with Crippen LogP contribution in [0.3, 0.4) is 0 Å². The molecule has 0 saturated heterocycles. The van der Waals surface area contributed by atoms with Crippen molar-refractivity contribution in [1.29, 1.82) is 0 Å². The monoisotopic (exact) mass is 362 g/mol. The van der Waals surface area contributed by atoms with E-state index in [2.05, 4.69) is 26.5 Å². The lowest BCUT2D eigenvalue weighted by atomic mass is 10.2. The Morgan fingerprint density at radius 1 is 1.09 bits per heavy atom. The van der Waals surface area contributed by atoms with Crippen LogP contribution in [-0.2, 0) is 0 Å². The third-order valence-corrected chi connectivity index (χ3v) is 3.39. The fourth-order valence-corrected chi connectivity index (χ4v) is 2.48. The second-order valence-corrected chi connectivity index (χ2v) is 5.29. The van der Waals surface area contributed by atoms with Gasteiger partial charge in [0.2, 0.25) is 0 Å². The molecule has 0 spiro atoms. The molecule has 0 aromatic heterocycles. The SMILES string of the molecule is CCOc1cc(/C=N\Nc2ccccc2)cc(Br)c1OCC. The molecular formula is C17H19BrN2O2. The van der Waals surface area contributed by atoms with E-state index in [1.807, 2.05) is 56.3 Å². The number of benzene rings is 2. The zero-order valence-electron chi connectivity index (χ0n) is 12.7. The Labute approximate surface area is 139 Å². The molecule has 4 nitrogen and oxygen atoms in total. The average Bonchev–Trinajstić information content (AvgIpc) is 2.52. The third kappa shape index (κ3) is 4.49. The first-order chi connectivity index (χ1) is 10.7. The van der Waals surface area contributed by atoms with E-state index in [0.717, 1.165) is 21.5 Å². The van der Waals surface area contributed by atoms with Crippen LogP contribution in [0.25, 0.3) is 0 Å². The van der Waals surface area contributed by atoms with Crippen molar-refractivity contribution >= 4 is 27.8 Å². The van der Waals surface area contributed by atoms with Crippen molar-refractivity contribution in [1.82, 2.24) is 0 Å². The van der Waals surface area contributed by atoms with Crippen LogP contribution in [0.5, 0.6) is 11.5 Å². The molecule has 0 radical (unpaired) electrons. The van der Waals surface area contributed by atoms with E-state index in [1.165, 1.54) is 0 Å². The highest BCUT2D eigenvalue weighted by atomic mass is 79.9. The maximum atomic E-state index is 5.64. The normalized spacial score (nSPS) is 10.7. The van der Waals surface area contributed by atoms with Crippen molar-refractivity contribution in [3.8, 4) is 11.5 Å². The number of hydrogen-bond donors (Lipinski definition) is 1. The smallest absolute Gasteiger partial charge is 0.175 e. The number of hydrazone groups is 1. The Morgan fingerprint density at radius 3 is 2.50 bits per heavy atom. The van der Waals surface area contributed by atoms with Gasteiger partial charge in [0.05, 0.1) is 29.6 Å². The zero-order valence-corrected chi connectivity index (χ0v) is 14.3. The Hall–Kier alpha value is -2.01. The van der Waals surface area contributed by atoms with E-state index in [9.17, 15) is 0 Å². The van der Waals surface area contributed by atoms with Crippen molar-refractivity contribution in [3.05, 3.63) is 52.5 Å². The summed E-state index contributed by atoms with van der Waals surface area (Å²) in [7, 11) is 0. The molecule has 22 heavy (non-hydrogen) atoms. The lowest BCUT2D eigenvalue weighted by Crippen LogP contribution is -2.00. The minimum atomic E-state index is 0.579. The standard InChI is InChI=1S/C17H19BrN2O2/c1-3-21-16-11-13(10-15(18)17(16)22-4-2)12-19-20-14-8-6-5-7-9-14/h5-12,20H,3-4H2,1-2H3/b19-12-. The highest BCUT2D eigenvalue weighted by molar-refractivity contribution is 9.10. The van der Waals surface area contributed by atoms with E-state index in [1.54, 1.807) is 6.21 Å². The lowest BCUT2D eigenvalue weighted by molar-refractivity contribution is 0.286. The van der Waals surface area contributed by atoms with E-state index in [-0.39, 0.29) is 0 Å². The number of nitrogens with zero attached hydrogens (tertiary/aromatic N) is 1. The molecule has 2 aromatic rings. The number of anilines is 1. The first-order valence-corrected chi connectivity index (χ1v) is 7.97. The van der Waals surface area contributed by atoms with Gasteiger partial charge in [-0.05, 0) is 59.6 Å². The van der Waals surface area contributed by atoms with E-state index >= 15 is 0 Å². The van der Waals surface area contributed by atoms with E-state index in [4.69, 9.17) is 9.47 Å². The molecule has 0 atom stereocenters. The topological polar surface area (TPSA) is 42.8 Å². The number of nitrogens with one attached hydrogen (secondary N) is 1. The summed E-state index contributed by atoms with van der Waals surface area (Å²) >= 11 is 3.52. The molecule has 0 aliphatic rings. The first-order valence-electron chi connectivity index (χ1n) is 7.17. The summed E-state index contributed by atoms with van der Waals surface area (Å²) in [6.45, 7) is 5.06. The van der Waals surface area contributed by atoms with Crippen LogP contribution in [0.2, 0.25) is 0 Å². The highest BCUT2D eigenvalue weighted by Gasteiger charge is 2.11. The van der Waals surface area contributed by atoms with Crippen LogP contribution in [-0.4, -0.2) is 19.4 Å². The summed E-state index contributed by atoms with van der Waals surface area (Å²) in [5, 5.41) is 4.24. The molecule has 0 amide bonds. The van der Waals surface area contributed by atoms with Crippen LogP contribution >= 0.6 is 15.9 Å². The molecule has 1 N–H and O–H groups in total. The first kappa shape index (κ1) is 16.4. The second-order valence-electron chi connectivity index (χ2n) is 4.43. The van der Waals surface area contributed by atoms with Gasteiger partial charge in [-0.3, -0.25) is 5.43 Å². The number of rotatable bonds is 7. The maximum Gasteiger partial charge on any atom is 0.175 e. The fourth-order valence-electron chi connectivity index (χ4n) is 1.90. The van der Waals surface area contributed by atoms with Crippen LogP contribution in [0, 0.1) is 0 Å². The maximum absolute atomic E-state index is 5.64. The molecule has 0 unspecified atom stereocenters.